The number of hydrogen-bond acceptors (Lipinski definition) is 0. The van der Waals surface area contributed by atoms with Gasteiger partial charge in [0.05, 0.1) is 10.0 Å². The third-order valence-electron chi connectivity index (χ3n) is 2.12. The first kappa shape index (κ1) is 12.1. The molecule has 0 amide bonds. The molecule has 0 bridgehead atoms. The number of rotatable bonds is 1. The summed E-state index contributed by atoms with van der Waals surface area (Å²) in [4.78, 5) is 0. The monoisotopic (exact) mass is 302 g/mol. The Morgan fingerprint density at radius 1 is 0.562 bits per heavy atom. The zero-order valence-corrected chi connectivity index (χ0v) is 11.0. The molecule has 0 spiro atoms. The van der Waals surface area contributed by atoms with E-state index >= 15 is 0 Å². The minimum absolute atomic E-state index is 0.510. The topological polar surface area (TPSA) is 0 Å². The van der Waals surface area contributed by atoms with Gasteiger partial charge in [0, 0.05) is 10.0 Å². The molecule has 0 atom stereocenters. The Kier molecular flexibility index (Phi) is 3.66. The summed E-state index contributed by atoms with van der Waals surface area (Å²) in [5, 5.41) is 2.22. The van der Waals surface area contributed by atoms with E-state index in [1.54, 1.807) is 18.2 Å². The first-order valence-corrected chi connectivity index (χ1v) is 5.99. The summed E-state index contributed by atoms with van der Waals surface area (Å²) in [6.07, 6.45) is 0. The van der Waals surface area contributed by atoms with E-state index in [1.807, 2.05) is 18.2 Å². The number of benzene rings is 2. The fourth-order valence-electron chi connectivity index (χ4n) is 1.40. The molecule has 0 unspecified atom stereocenters. The molecule has 0 aromatic heterocycles. The van der Waals surface area contributed by atoms with Crippen molar-refractivity contribution in [1.29, 1.82) is 0 Å². The SMILES string of the molecule is Cl[13c]1[13cH][13c](Cl)[13cH][13c](-[13c]2[13cH][13cH][13c](Cl)[13c](Cl)[13cH]2)[13cH]1. The molecule has 0 heterocycles. The van der Waals surface area contributed by atoms with Crippen molar-refractivity contribution in [3.63, 3.8) is 0 Å². The van der Waals surface area contributed by atoms with Crippen LogP contribution in [0.2, 0.25) is 20.1 Å². The van der Waals surface area contributed by atoms with Crippen molar-refractivity contribution in [3.8, 4) is 11.1 Å². The van der Waals surface area contributed by atoms with Crippen molar-refractivity contribution >= 4 is 46.4 Å². The van der Waals surface area contributed by atoms with E-state index in [0.717, 1.165) is 11.1 Å². The van der Waals surface area contributed by atoms with Gasteiger partial charge in [-0.3, -0.25) is 0 Å². The van der Waals surface area contributed by atoms with E-state index in [1.165, 1.54) is 0 Å². The lowest BCUT2D eigenvalue weighted by Crippen LogP contribution is -1.79. The average Bonchev–Trinajstić information content (AvgIpc) is 2.20. The van der Waals surface area contributed by atoms with E-state index < -0.39 is 0 Å². The molecule has 82 valence electrons. The zero-order chi connectivity index (χ0) is 11.7. The Morgan fingerprint density at radius 3 is 1.75 bits per heavy atom. The lowest BCUT2D eigenvalue weighted by molar-refractivity contribution is 1.61. The molecule has 2 rings (SSSR count). The van der Waals surface area contributed by atoms with E-state index in [4.69, 9.17) is 46.4 Å². The highest BCUT2D eigenvalue weighted by atomic mass is 35.5. The Hall–Kier alpha value is -0.400. The van der Waals surface area contributed by atoms with E-state index in [2.05, 4.69) is 0 Å². The van der Waals surface area contributed by atoms with Crippen molar-refractivity contribution < 1.29 is 0 Å². The van der Waals surface area contributed by atoms with Gasteiger partial charge in [-0.25, -0.2) is 0 Å². The fourth-order valence-corrected chi connectivity index (χ4v) is 2.22. The van der Waals surface area contributed by atoms with Crippen LogP contribution in [0, 0.1) is 0 Å². The summed E-state index contributed by atoms with van der Waals surface area (Å²) < 4.78 is 0. The Bertz CT molecular complexity index is 514. The molecule has 0 fully saturated rings. The maximum atomic E-state index is 5.95. The van der Waals surface area contributed by atoms with Crippen LogP contribution in [0.5, 0.6) is 0 Å². The number of hydrogen-bond donors (Lipinski definition) is 0. The zero-order valence-electron chi connectivity index (χ0n) is 7.98. The second-order valence-electron chi connectivity index (χ2n) is 3.29. The van der Waals surface area contributed by atoms with Crippen molar-refractivity contribution in [1.82, 2.24) is 0 Å². The van der Waals surface area contributed by atoms with Gasteiger partial charge in [0.2, 0.25) is 0 Å². The Balaban J connectivity index is 2.54. The molecular weight excluding hydrogens is 298 g/mol. The summed E-state index contributed by atoms with van der Waals surface area (Å²) in [6, 6.07) is 10.7. The van der Waals surface area contributed by atoms with Crippen LogP contribution in [0.1, 0.15) is 0 Å². The summed E-state index contributed by atoms with van der Waals surface area (Å²) in [6.45, 7) is 0. The normalized spacial score (nSPS) is 10.5. The molecule has 0 radical (unpaired) electrons. The molecule has 0 aliphatic heterocycles. The second kappa shape index (κ2) is 4.85. The lowest BCUT2D eigenvalue weighted by Gasteiger charge is -2.05. The molecule has 0 nitrogen and oxygen atoms in total. The standard InChI is InChI=1S/C12H6Cl4/c13-9-3-8(4-10(14)6-9)7-1-2-11(15)12(16)5-7/h1-6H/i1+1,2+1,3+1,4+1,5+1,6+1,7+1,8+1,9+1,10+1,11+1,12+1. The third kappa shape index (κ3) is 2.64. The van der Waals surface area contributed by atoms with Crippen LogP contribution in [-0.4, -0.2) is 0 Å². The summed E-state index contributed by atoms with van der Waals surface area (Å²) >= 11 is 23.6. The van der Waals surface area contributed by atoms with Crippen LogP contribution in [0.15, 0.2) is 36.4 Å². The molecule has 0 saturated heterocycles. The van der Waals surface area contributed by atoms with E-state index in [9.17, 15) is 0 Å². The minimum Gasteiger partial charge on any atom is -0.0843 e. The smallest absolute Gasteiger partial charge is 0.0598 e. The highest BCUT2D eigenvalue weighted by Gasteiger charge is 2.04. The second-order valence-corrected chi connectivity index (χ2v) is 4.97. The fraction of sp³-hybridized carbons (Fsp3) is 0. The predicted octanol–water partition coefficient (Wildman–Crippen LogP) is 5.97. The van der Waals surface area contributed by atoms with Crippen molar-refractivity contribution in [2.24, 2.45) is 0 Å². The average molecular weight is 304 g/mol. The molecule has 0 aliphatic rings. The van der Waals surface area contributed by atoms with Gasteiger partial charge < -0.3 is 0 Å². The quantitative estimate of drug-likeness (QED) is 0.609. The van der Waals surface area contributed by atoms with Gasteiger partial charge in [-0.15, -0.1) is 0 Å². The van der Waals surface area contributed by atoms with Crippen LogP contribution in [-0.2, 0) is 0 Å². The summed E-state index contributed by atoms with van der Waals surface area (Å²) in [5.74, 6) is 0. The largest absolute Gasteiger partial charge is 0.0843 e. The summed E-state index contributed by atoms with van der Waals surface area (Å²) in [7, 11) is 0. The predicted molar refractivity (Wildman–Crippen MR) is 71.9 cm³/mol. The van der Waals surface area contributed by atoms with Gasteiger partial charge in [0.15, 0.2) is 0 Å². The first-order chi connectivity index (χ1) is 7.56. The highest BCUT2D eigenvalue weighted by molar-refractivity contribution is 6.42. The molecule has 4 heteroatoms. The molecule has 16 heavy (non-hydrogen) atoms. The first-order valence-electron chi connectivity index (χ1n) is 4.48. The molecule has 2 aromatic carbocycles. The van der Waals surface area contributed by atoms with Gasteiger partial charge in [0.1, 0.15) is 0 Å². The van der Waals surface area contributed by atoms with Crippen LogP contribution in [0.4, 0.5) is 0 Å². The molecule has 0 aliphatic carbocycles. The maximum Gasteiger partial charge on any atom is 0.0598 e. The van der Waals surface area contributed by atoms with Gasteiger partial charge >= 0.3 is 0 Å². The van der Waals surface area contributed by atoms with Crippen molar-refractivity contribution in [3.05, 3.63) is 56.5 Å². The maximum absolute atomic E-state index is 5.95. The Labute approximate surface area is 114 Å². The number of halogens is 4. The van der Waals surface area contributed by atoms with Gasteiger partial charge in [-0.1, -0.05) is 52.5 Å². The molecule has 0 saturated carbocycles. The van der Waals surface area contributed by atoms with Crippen molar-refractivity contribution in [2.75, 3.05) is 0 Å². The van der Waals surface area contributed by atoms with Gasteiger partial charge in [-0.2, -0.15) is 0 Å². The lowest BCUT2D eigenvalue weighted by atomic mass is 11.1. The van der Waals surface area contributed by atoms with Crippen LogP contribution >= 0.6 is 46.4 Å². The minimum atomic E-state index is 0.510. The van der Waals surface area contributed by atoms with Gasteiger partial charge in [-0.05, 0) is 41.5 Å². The van der Waals surface area contributed by atoms with Crippen molar-refractivity contribution in [2.45, 2.75) is 0 Å². The molecule has 2 aromatic rings. The third-order valence-corrected chi connectivity index (χ3v) is 3.29. The van der Waals surface area contributed by atoms with E-state index in [-0.39, 0.29) is 0 Å². The molecule has 0 N–H and O–H groups in total. The molecular formula is C12H6Cl4. The van der Waals surface area contributed by atoms with Crippen LogP contribution in [0.3, 0.4) is 0 Å². The van der Waals surface area contributed by atoms with Gasteiger partial charge in [0.25, 0.3) is 0 Å². The Morgan fingerprint density at radius 2 is 1.19 bits per heavy atom. The van der Waals surface area contributed by atoms with Crippen LogP contribution < -0.4 is 0 Å². The van der Waals surface area contributed by atoms with Crippen LogP contribution in [0.25, 0.3) is 11.1 Å². The summed E-state index contributed by atoms with van der Waals surface area (Å²) in [5.41, 5.74) is 1.84. The highest BCUT2D eigenvalue weighted by Crippen LogP contribution is 2.31. The van der Waals surface area contributed by atoms with E-state index in [0.29, 0.717) is 20.1 Å².